The fourth-order valence-corrected chi connectivity index (χ4v) is 5.59. The van der Waals surface area contributed by atoms with Gasteiger partial charge in [-0.25, -0.2) is 9.79 Å². The topological polar surface area (TPSA) is 95.5 Å². The van der Waals surface area contributed by atoms with Crippen LogP contribution in [0, 0.1) is 0 Å². The summed E-state index contributed by atoms with van der Waals surface area (Å²) in [5.41, 5.74) is 1.20. The first-order valence-electron chi connectivity index (χ1n) is 13.1. The van der Waals surface area contributed by atoms with Gasteiger partial charge in [-0.05, 0) is 65.3 Å². The van der Waals surface area contributed by atoms with Crippen molar-refractivity contribution in [1.82, 2.24) is 4.57 Å². The standard InChI is InChI=1S/C29H35N3O6S/c1-8-31(9-2)24-14-12-20(38-24)16-23-27(33)32-26(19-11-13-21(37-17(4)5)22(15-19)35-7)25(28(34)36-10-3)18(6)30-29(32)39-23/h11-17,26H,8-10H2,1-7H3/b23-16-/t26-/m0/s1. The first kappa shape index (κ1) is 28.2. The number of allylic oxidation sites excluding steroid dienone is 1. The Morgan fingerprint density at radius 3 is 2.56 bits per heavy atom. The molecule has 0 unspecified atom stereocenters. The minimum atomic E-state index is -0.757. The van der Waals surface area contributed by atoms with Crippen molar-refractivity contribution in [2.24, 2.45) is 4.99 Å². The highest BCUT2D eigenvalue weighted by molar-refractivity contribution is 7.07. The first-order chi connectivity index (χ1) is 18.7. The number of thiazole rings is 1. The summed E-state index contributed by atoms with van der Waals surface area (Å²) in [6.45, 7) is 13.3. The van der Waals surface area contributed by atoms with Crippen molar-refractivity contribution in [3.05, 3.63) is 72.6 Å². The van der Waals surface area contributed by atoms with Crippen LogP contribution >= 0.6 is 11.3 Å². The molecule has 1 aliphatic heterocycles. The van der Waals surface area contributed by atoms with Gasteiger partial charge in [-0.3, -0.25) is 9.36 Å². The summed E-state index contributed by atoms with van der Waals surface area (Å²) in [6, 6.07) is 8.40. The fraction of sp³-hybridized carbons (Fsp3) is 0.414. The highest BCUT2D eigenvalue weighted by Gasteiger charge is 2.34. The summed E-state index contributed by atoms with van der Waals surface area (Å²) in [4.78, 5) is 34.2. The highest BCUT2D eigenvalue weighted by atomic mass is 32.1. The van der Waals surface area contributed by atoms with Crippen LogP contribution in [0.4, 0.5) is 5.88 Å². The van der Waals surface area contributed by atoms with E-state index in [9.17, 15) is 9.59 Å². The van der Waals surface area contributed by atoms with Crippen molar-refractivity contribution >= 4 is 29.3 Å². The Labute approximate surface area is 231 Å². The van der Waals surface area contributed by atoms with Crippen LogP contribution in [0.3, 0.4) is 0 Å². The number of benzene rings is 1. The fourth-order valence-electron chi connectivity index (χ4n) is 4.57. The van der Waals surface area contributed by atoms with Crippen molar-refractivity contribution in [1.29, 1.82) is 0 Å². The molecule has 0 amide bonds. The van der Waals surface area contributed by atoms with Gasteiger partial charge in [0, 0.05) is 25.2 Å². The van der Waals surface area contributed by atoms with Crippen LogP contribution < -0.4 is 29.3 Å². The average Bonchev–Trinajstić information content (AvgIpc) is 3.48. The summed E-state index contributed by atoms with van der Waals surface area (Å²) >= 11 is 1.25. The summed E-state index contributed by atoms with van der Waals surface area (Å²) in [7, 11) is 1.56. The minimum absolute atomic E-state index is 0.0523. The Morgan fingerprint density at radius 1 is 1.18 bits per heavy atom. The maximum absolute atomic E-state index is 13.9. The Hall–Kier alpha value is -3.79. The third-order valence-electron chi connectivity index (χ3n) is 6.34. The molecule has 0 saturated carbocycles. The number of carbonyl (C=O) groups is 1. The molecule has 2 aromatic heterocycles. The molecular formula is C29H35N3O6S. The van der Waals surface area contributed by atoms with Crippen molar-refractivity contribution < 1.29 is 23.4 Å². The maximum atomic E-state index is 13.9. The Morgan fingerprint density at radius 2 is 1.92 bits per heavy atom. The summed E-state index contributed by atoms with van der Waals surface area (Å²) in [5.74, 6) is 1.86. The quantitative estimate of drug-likeness (QED) is 0.350. The van der Waals surface area contributed by atoms with Gasteiger partial charge in [0.1, 0.15) is 5.76 Å². The molecule has 208 valence electrons. The second-order valence-electron chi connectivity index (χ2n) is 9.23. The molecule has 4 rings (SSSR count). The van der Waals surface area contributed by atoms with Crippen LogP contribution in [0.15, 0.2) is 55.8 Å². The zero-order valence-electron chi connectivity index (χ0n) is 23.4. The molecule has 39 heavy (non-hydrogen) atoms. The lowest BCUT2D eigenvalue weighted by Crippen LogP contribution is -2.40. The molecule has 0 fully saturated rings. The number of fused-ring (bicyclic) bond motifs is 1. The number of rotatable bonds is 10. The molecular weight excluding hydrogens is 518 g/mol. The minimum Gasteiger partial charge on any atom is -0.493 e. The van der Waals surface area contributed by atoms with Gasteiger partial charge in [0.05, 0.1) is 41.7 Å². The molecule has 0 N–H and O–H groups in total. The molecule has 0 spiro atoms. The van der Waals surface area contributed by atoms with E-state index in [2.05, 4.69) is 23.7 Å². The summed E-state index contributed by atoms with van der Waals surface area (Å²) < 4.78 is 24.9. The summed E-state index contributed by atoms with van der Waals surface area (Å²) in [6.07, 6.45) is 1.67. The molecule has 1 aliphatic rings. The van der Waals surface area contributed by atoms with Gasteiger partial charge in [-0.2, -0.15) is 0 Å². The lowest BCUT2D eigenvalue weighted by atomic mass is 9.95. The van der Waals surface area contributed by atoms with E-state index in [1.807, 2.05) is 32.0 Å². The first-order valence-corrected chi connectivity index (χ1v) is 13.9. The lowest BCUT2D eigenvalue weighted by molar-refractivity contribution is -0.139. The second-order valence-corrected chi connectivity index (χ2v) is 10.2. The van der Waals surface area contributed by atoms with E-state index < -0.39 is 12.0 Å². The lowest BCUT2D eigenvalue weighted by Gasteiger charge is -2.25. The van der Waals surface area contributed by atoms with Gasteiger partial charge in [0.25, 0.3) is 5.56 Å². The van der Waals surface area contributed by atoms with Crippen molar-refractivity contribution in [3.63, 3.8) is 0 Å². The number of carbonyl (C=O) groups excluding carboxylic acids is 1. The molecule has 0 aliphatic carbocycles. The number of anilines is 1. The van der Waals surface area contributed by atoms with Crippen LogP contribution in [0.1, 0.15) is 58.9 Å². The van der Waals surface area contributed by atoms with Crippen molar-refractivity contribution in [2.45, 2.75) is 53.7 Å². The predicted molar refractivity (Wildman–Crippen MR) is 151 cm³/mol. The Bertz CT molecular complexity index is 1560. The van der Waals surface area contributed by atoms with E-state index in [1.54, 1.807) is 43.7 Å². The van der Waals surface area contributed by atoms with Gasteiger partial charge in [-0.1, -0.05) is 17.4 Å². The van der Waals surface area contributed by atoms with E-state index in [4.69, 9.17) is 18.6 Å². The number of ether oxygens (including phenoxy) is 3. The van der Waals surface area contributed by atoms with Crippen molar-refractivity contribution in [3.8, 4) is 11.5 Å². The van der Waals surface area contributed by atoms with Crippen LogP contribution in [0.5, 0.6) is 11.5 Å². The van der Waals surface area contributed by atoms with E-state index in [-0.39, 0.29) is 18.3 Å². The molecule has 9 nitrogen and oxygen atoms in total. The second kappa shape index (κ2) is 11.9. The van der Waals surface area contributed by atoms with Gasteiger partial charge in [-0.15, -0.1) is 0 Å². The van der Waals surface area contributed by atoms with Gasteiger partial charge >= 0.3 is 5.97 Å². The number of furan rings is 1. The van der Waals surface area contributed by atoms with Crippen LogP contribution in [-0.4, -0.2) is 43.4 Å². The maximum Gasteiger partial charge on any atom is 0.338 e. The zero-order chi connectivity index (χ0) is 28.3. The SMILES string of the molecule is CCOC(=O)C1=C(C)N=c2s/c(=C\c3ccc(N(CC)CC)o3)c(=O)n2[C@H]1c1ccc(OC(C)C)c(OC)c1. The van der Waals surface area contributed by atoms with Crippen LogP contribution in [0.2, 0.25) is 0 Å². The van der Waals surface area contributed by atoms with E-state index in [1.165, 1.54) is 11.3 Å². The molecule has 0 radical (unpaired) electrons. The summed E-state index contributed by atoms with van der Waals surface area (Å²) in [5, 5.41) is 0. The number of methoxy groups -OCH3 is 1. The molecule has 0 saturated heterocycles. The number of hydrogen-bond donors (Lipinski definition) is 0. The number of nitrogens with zero attached hydrogens (tertiary/aromatic N) is 3. The smallest absolute Gasteiger partial charge is 0.338 e. The highest BCUT2D eigenvalue weighted by Crippen LogP contribution is 2.36. The molecule has 0 bridgehead atoms. The van der Waals surface area contributed by atoms with E-state index in [0.717, 1.165) is 19.0 Å². The molecule has 1 atom stereocenters. The number of esters is 1. The van der Waals surface area contributed by atoms with Crippen LogP contribution in [0.25, 0.3) is 6.08 Å². The monoisotopic (exact) mass is 553 g/mol. The largest absolute Gasteiger partial charge is 0.493 e. The van der Waals surface area contributed by atoms with Gasteiger partial charge in [0.2, 0.25) is 0 Å². The Balaban J connectivity index is 1.89. The van der Waals surface area contributed by atoms with E-state index in [0.29, 0.717) is 43.4 Å². The number of hydrogen-bond acceptors (Lipinski definition) is 9. The molecule has 3 heterocycles. The molecule has 3 aromatic rings. The van der Waals surface area contributed by atoms with Crippen LogP contribution in [-0.2, 0) is 9.53 Å². The van der Waals surface area contributed by atoms with Gasteiger partial charge < -0.3 is 23.5 Å². The Kier molecular flexibility index (Phi) is 8.64. The van der Waals surface area contributed by atoms with E-state index >= 15 is 0 Å². The molecule has 1 aromatic carbocycles. The zero-order valence-corrected chi connectivity index (χ0v) is 24.3. The average molecular weight is 554 g/mol. The predicted octanol–water partition coefficient (Wildman–Crippen LogP) is 4.03. The van der Waals surface area contributed by atoms with Crippen molar-refractivity contribution in [2.75, 3.05) is 31.7 Å². The van der Waals surface area contributed by atoms with Gasteiger partial charge in [0.15, 0.2) is 22.2 Å². The number of aromatic nitrogens is 1. The third-order valence-corrected chi connectivity index (χ3v) is 7.33. The third kappa shape index (κ3) is 5.66. The normalized spacial score (nSPS) is 15.3. The molecule has 10 heteroatoms.